The first kappa shape index (κ1) is 12.3. The number of nitrogens with zero attached hydrogens (tertiary/aromatic N) is 2. The molecule has 1 fully saturated rings. The van der Waals surface area contributed by atoms with Crippen molar-refractivity contribution in [2.24, 2.45) is 0 Å². The van der Waals surface area contributed by atoms with Crippen LogP contribution in [-0.4, -0.2) is 35.9 Å². The molecule has 1 saturated heterocycles. The second-order valence-corrected chi connectivity index (χ2v) is 4.84. The number of aliphatic hydroxyl groups is 1. The molecule has 0 aliphatic carbocycles. The van der Waals surface area contributed by atoms with Gasteiger partial charge in [0.1, 0.15) is 0 Å². The summed E-state index contributed by atoms with van der Waals surface area (Å²) >= 11 is 0. The van der Waals surface area contributed by atoms with Crippen LogP contribution in [-0.2, 0) is 11.3 Å². The third-order valence-corrected chi connectivity index (χ3v) is 3.48. The molecule has 0 saturated carbocycles. The van der Waals surface area contributed by atoms with E-state index < -0.39 is 0 Å². The Morgan fingerprint density at radius 1 is 1.59 bits per heavy atom. The SMILES string of the molecule is COC1(C)CCCN(c2ccnc(CO)c2)C1. The Kier molecular flexibility index (Phi) is 3.64. The topological polar surface area (TPSA) is 45.6 Å². The first-order chi connectivity index (χ1) is 8.17. The third-order valence-electron chi connectivity index (χ3n) is 3.48. The predicted molar refractivity (Wildman–Crippen MR) is 67.0 cm³/mol. The minimum Gasteiger partial charge on any atom is -0.390 e. The van der Waals surface area contributed by atoms with E-state index in [0.29, 0.717) is 5.69 Å². The minimum atomic E-state index is -0.0686. The molecule has 0 amide bonds. The van der Waals surface area contributed by atoms with E-state index in [-0.39, 0.29) is 12.2 Å². The fourth-order valence-corrected chi connectivity index (χ4v) is 2.34. The molecule has 1 atom stereocenters. The van der Waals surface area contributed by atoms with Gasteiger partial charge in [-0.2, -0.15) is 0 Å². The summed E-state index contributed by atoms with van der Waals surface area (Å²) in [5.74, 6) is 0. The summed E-state index contributed by atoms with van der Waals surface area (Å²) in [6, 6.07) is 3.93. The van der Waals surface area contributed by atoms with Crippen molar-refractivity contribution < 1.29 is 9.84 Å². The van der Waals surface area contributed by atoms with Gasteiger partial charge in [-0.1, -0.05) is 0 Å². The summed E-state index contributed by atoms with van der Waals surface area (Å²) in [4.78, 5) is 6.40. The Balaban J connectivity index is 2.16. The molecule has 4 nitrogen and oxygen atoms in total. The van der Waals surface area contributed by atoms with Crippen LogP contribution in [0.25, 0.3) is 0 Å². The van der Waals surface area contributed by atoms with E-state index in [1.165, 1.54) is 0 Å². The number of hydrogen-bond acceptors (Lipinski definition) is 4. The highest BCUT2D eigenvalue weighted by molar-refractivity contribution is 5.47. The van der Waals surface area contributed by atoms with Gasteiger partial charge in [0, 0.05) is 32.1 Å². The third kappa shape index (κ3) is 2.76. The minimum absolute atomic E-state index is 0.0107. The van der Waals surface area contributed by atoms with Crippen molar-refractivity contribution in [1.82, 2.24) is 4.98 Å². The zero-order chi connectivity index (χ0) is 12.3. The molecule has 0 radical (unpaired) electrons. The maximum atomic E-state index is 9.10. The average molecular weight is 236 g/mol. The van der Waals surface area contributed by atoms with Crippen LogP contribution in [0.5, 0.6) is 0 Å². The summed E-state index contributed by atoms with van der Waals surface area (Å²) < 4.78 is 5.58. The lowest BCUT2D eigenvalue weighted by Crippen LogP contribution is -2.47. The van der Waals surface area contributed by atoms with E-state index in [2.05, 4.69) is 16.8 Å². The molecule has 1 aromatic rings. The summed E-state index contributed by atoms with van der Waals surface area (Å²) in [6.45, 7) is 4.06. The molecule has 0 spiro atoms. The Labute approximate surface area is 102 Å². The number of anilines is 1. The molecule has 1 aliphatic rings. The lowest BCUT2D eigenvalue weighted by atomic mass is 9.94. The number of hydrogen-bond donors (Lipinski definition) is 1. The van der Waals surface area contributed by atoms with E-state index in [4.69, 9.17) is 9.84 Å². The molecular formula is C13H20N2O2. The van der Waals surface area contributed by atoms with Gasteiger partial charge in [-0.15, -0.1) is 0 Å². The highest BCUT2D eigenvalue weighted by Crippen LogP contribution is 2.27. The van der Waals surface area contributed by atoms with Crippen molar-refractivity contribution in [3.05, 3.63) is 24.0 Å². The van der Waals surface area contributed by atoms with Crippen molar-refractivity contribution in [2.45, 2.75) is 32.0 Å². The number of piperidine rings is 1. The number of pyridine rings is 1. The average Bonchev–Trinajstić information content (AvgIpc) is 2.39. The Morgan fingerprint density at radius 2 is 2.41 bits per heavy atom. The van der Waals surface area contributed by atoms with Crippen LogP contribution in [0.4, 0.5) is 5.69 Å². The van der Waals surface area contributed by atoms with Crippen LogP contribution in [0.2, 0.25) is 0 Å². The van der Waals surface area contributed by atoms with Crippen molar-refractivity contribution in [3.63, 3.8) is 0 Å². The van der Waals surface area contributed by atoms with Gasteiger partial charge in [0.15, 0.2) is 0 Å². The van der Waals surface area contributed by atoms with Gasteiger partial charge in [-0.3, -0.25) is 4.98 Å². The van der Waals surface area contributed by atoms with Crippen LogP contribution >= 0.6 is 0 Å². The van der Waals surface area contributed by atoms with Crippen LogP contribution < -0.4 is 4.90 Å². The zero-order valence-electron chi connectivity index (χ0n) is 10.5. The maximum absolute atomic E-state index is 9.10. The van der Waals surface area contributed by atoms with E-state index >= 15 is 0 Å². The van der Waals surface area contributed by atoms with Crippen LogP contribution in [0.15, 0.2) is 18.3 Å². The molecule has 2 heterocycles. The highest BCUT2D eigenvalue weighted by Gasteiger charge is 2.30. The summed E-state index contributed by atoms with van der Waals surface area (Å²) in [6.07, 6.45) is 3.97. The molecule has 4 heteroatoms. The van der Waals surface area contributed by atoms with Gasteiger partial charge in [0.05, 0.1) is 17.9 Å². The van der Waals surface area contributed by atoms with Gasteiger partial charge in [-0.05, 0) is 31.9 Å². The largest absolute Gasteiger partial charge is 0.390 e. The fraction of sp³-hybridized carbons (Fsp3) is 0.615. The van der Waals surface area contributed by atoms with E-state index in [9.17, 15) is 0 Å². The van der Waals surface area contributed by atoms with Crippen molar-refractivity contribution in [1.29, 1.82) is 0 Å². The van der Waals surface area contributed by atoms with E-state index in [0.717, 1.165) is 31.6 Å². The fourth-order valence-electron chi connectivity index (χ4n) is 2.34. The number of methoxy groups -OCH3 is 1. The van der Waals surface area contributed by atoms with Crippen molar-refractivity contribution >= 4 is 5.69 Å². The molecule has 1 aliphatic heterocycles. The van der Waals surface area contributed by atoms with Crippen molar-refractivity contribution in [3.8, 4) is 0 Å². The molecule has 17 heavy (non-hydrogen) atoms. The first-order valence-corrected chi connectivity index (χ1v) is 6.03. The Bertz CT molecular complexity index is 383. The molecule has 0 bridgehead atoms. The second kappa shape index (κ2) is 5.02. The number of aromatic nitrogens is 1. The van der Waals surface area contributed by atoms with Gasteiger partial charge >= 0.3 is 0 Å². The van der Waals surface area contributed by atoms with E-state index in [1.807, 2.05) is 12.1 Å². The molecule has 2 rings (SSSR count). The maximum Gasteiger partial charge on any atom is 0.0853 e. The number of aliphatic hydroxyl groups excluding tert-OH is 1. The molecule has 1 N–H and O–H groups in total. The first-order valence-electron chi connectivity index (χ1n) is 6.03. The lowest BCUT2D eigenvalue weighted by molar-refractivity contribution is -0.00466. The summed E-state index contributed by atoms with van der Waals surface area (Å²) in [7, 11) is 1.77. The standard InChI is InChI=1S/C13H20N2O2/c1-13(17-2)5-3-7-15(10-13)12-4-6-14-11(8-12)9-16/h4,6,8,16H,3,5,7,9-10H2,1-2H3. The normalized spacial score (nSPS) is 25.0. The molecule has 1 aromatic heterocycles. The molecule has 0 aromatic carbocycles. The number of ether oxygens (including phenoxy) is 1. The molecule has 94 valence electrons. The van der Waals surface area contributed by atoms with Gasteiger partial charge in [0.2, 0.25) is 0 Å². The quantitative estimate of drug-likeness (QED) is 0.865. The van der Waals surface area contributed by atoms with Gasteiger partial charge in [-0.25, -0.2) is 0 Å². The lowest BCUT2D eigenvalue weighted by Gasteiger charge is -2.40. The van der Waals surface area contributed by atoms with Crippen molar-refractivity contribution in [2.75, 3.05) is 25.1 Å². The molecule has 1 unspecified atom stereocenters. The zero-order valence-corrected chi connectivity index (χ0v) is 10.5. The monoisotopic (exact) mass is 236 g/mol. The van der Waals surface area contributed by atoms with Crippen LogP contribution in [0.1, 0.15) is 25.5 Å². The second-order valence-electron chi connectivity index (χ2n) is 4.84. The summed E-state index contributed by atoms with van der Waals surface area (Å²) in [5.41, 5.74) is 1.76. The Morgan fingerprint density at radius 3 is 3.12 bits per heavy atom. The Hall–Kier alpha value is -1.13. The smallest absolute Gasteiger partial charge is 0.0853 e. The molecular weight excluding hydrogens is 216 g/mol. The van der Waals surface area contributed by atoms with Crippen LogP contribution in [0, 0.1) is 0 Å². The highest BCUT2D eigenvalue weighted by atomic mass is 16.5. The summed E-state index contributed by atoms with van der Waals surface area (Å²) in [5, 5.41) is 9.10. The number of rotatable bonds is 3. The van der Waals surface area contributed by atoms with E-state index in [1.54, 1.807) is 13.3 Å². The van der Waals surface area contributed by atoms with Gasteiger partial charge < -0.3 is 14.7 Å². The predicted octanol–water partition coefficient (Wildman–Crippen LogP) is 1.58. The van der Waals surface area contributed by atoms with Gasteiger partial charge in [0.25, 0.3) is 0 Å². The van der Waals surface area contributed by atoms with Crippen LogP contribution in [0.3, 0.4) is 0 Å².